The molecule has 1 rings (SSSR count). The van der Waals surface area contributed by atoms with E-state index in [0.29, 0.717) is 11.7 Å². The van der Waals surface area contributed by atoms with E-state index in [0.717, 1.165) is 6.42 Å². The average molecular weight is 214 g/mol. The summed E-state index contributed by atoms with van der Waals surface area (Å²) < 4.78 is 28.6. The summed E-state index contributed by atoms with van der Waals surface area (Å²) in [6.07, 6.45) is -1.35. The van der Waals surface area contributed by atoms with Crippen LogP contribution in [0.5, 0.6) is 5.75 Å². The van der Waals surface area contributed by atoms with E-state index >= 15 is 0 Å². The Labute approximate surface area is 89.1 Å². The minimum atomic E-state index is -2.42. The summed E-state index contributed by atoms with van der Waals surface area (Å²) in [4.78, 5) is 0. The van der Waals surface area contributed by atoms with E-state index < -0.39 is 13.0 Å². The van der Waals surface area contributed by atoms with Crippen molar-refractivity contribution in [2.24, 2.45) is 0 Å². The van der Waals surface area contributed by atoms with E-state index in [-0.39, 0.29) is 0 Å². The summed E-state index contributed by atoms with van der Waals surface area (Å²) in [5, 5.41) is 0. The van der Waals surface area contributed by atoms with Gasteiger partial charge in [0.2, 0.25) is 0 Å². The van der Waals surface area contributed by atoms with Gasteiger partial charge >= 0.3 is 0 Å². The van der Waals surface area contributed by atoms with E-state index in [1.165, 1.54) is 5.56 Å². The second kappa shape index (κ2) is 5.69. The molecule has 1 aromatic carbocycles. The molecule has 3 heteroatoms. The van der Waals surface area contributed by atoms with Crippen LogP contribution in [0.3, 0.4) is 0 Å². The standard InChI is InChI=1S/C12H16F2O/c1-3-9(2)10-4-6-11(7-5-10)15-8-12(13)14/h4-7,9,12H,3,8H2,1-2H3. The van der Waals surface area contributed by atoms with Crippen LogP contribution in [0, 0.1) is 0 Å². The molecule has 0 saturated heterocycles. The van der Waals surface area contributed by atoms with Crippen LogP contribution in [-0.2, 0) is 0 Å². The maximum atomic E-state index is 11.9. The molecule has 0 heterocycles. The van der Waals surface area contributed by atoms with Crippen molar-refractivity contribution < 1.29 is 13.5 Å². The average Bonchev–Trinajstić information content (AvgIpc) is 2.26. The van der Waals surface area contributed by atoms with E-state index in [4.69, 9.17) is 4.74 Å². The van der Waals surface area contributed by atoms with Crippen molar-refractivity contribution in [1.29, 1.82) is 0 Å². The quantitative estimate of drug-likeness (QED) is 0.723. The van der Waals surface area contributed by atoms with Gasteiger partial charge in [0, 0.05) is 0 Å². The first kappa shape index (κ1) is 12.0. The first-order valence-corrected chi connectivity index (χ1v) is 5.14. The molecular formula is C12H16F2O. The fourth-order valence-corrected chi connectivity index (χ4v) is 1.29. The lowest BCUT2D eigenvalue weighted by Crippen LogP contribution is -2.06. The van der Waals surface area contributed by atoms with Gasteiger partial charge in [-0.3, -0.25) is 0 Å². The van der Waals surface area contributed by atoms with Crippen molar-refractivity contribution in [3.63, 3.8) is 0 Å². The molecule has 0 N–H and O–H groups in total. The molecule has 0 radical (unpaired) electrons. The van der Waals surface area contributed by atoms with Crippen LogP contribution in [0.1, 0.15) is 31.7 Å². The zero-order chi connectivity index (χ0) is 11.3. The maximum Gasteiger partial charge on any atom is 0.272 e. The molecule has 0 aromatic heterocycles. The van der Waals surface area contributed by atoms with Crippen molar-refractivity contribution in [3.8, 4) is 5.75 Å². The third kappa shape index (κ3) is 3.86. The highest BCUT2D eigenvalue weighted by Crippen LogP contribution is 2.21. The second-order valence-corrected chi connectivity index (χ2v) is 3.58. The third-order valence-electron chi connectivity index (χ3n) is 2.44. The fraction of sp³-hybridized carbons (Fsp3) is 0.500. The number of hydrogen-bond acceptors (Lipinski definition) is 1. The van der Waals surface area contributed by atoms with Gasteiger partial charge in [-0.25, -0.2) is 8.78 Å². The molecule has 0 spiro atoms. The number of ether oxygens (including phenoxy) is 1. The van der Waals surface area contributed by atoms with Crippen LogP contribution < -0.4 is 4.74 Å². The summed E-state index contributed by atoms with van der Waals surface area (Å²) >= 11 is 0. The minimum absolute atomic E-state index is 0.495. The molecular weight excluding hydrogens is 198 g/mol. The summed E-state index contributed by atoms with van der Waals surface area (Å²) in [5.74, 6) is 0.997. The maximum absolute atomic E-state index is 11.9. The molecule has 84 valence electrons. The highest BCUT2D eigenvalue weighted by molar-refractivity contribution is 5.29. The largest absolute Gasteiger partial charge is 0.488 e. The molecule has 0 bridgehead atoms. The Morgan fingerprint density at radius 1 is 1.20 bits per heavy atom. The lowest BCUT2D eigenvalue weighted by atomic mass is 9.99. The topological polar surface area (TPSA) is 9.23 Å². The minimum Gasteiger partial charge on any atom is -0.488 e. The predicted molar refractivity (Wildman–Crippen MR) is 56.6 cm³/mol. The van der Waals surface area contributed by atoms with Crippen LogP contribution in [0.2, 0.25) is 0 Å². The van der Waals surface area contributed by atoms with Crippen LogP contribution in [0.4, 0.5) is 8.78 Å². The first-order valence-electron chi connectivity index (χ1n) is 5.14. The summed E-state index contributed by atoms with van der Waals surface area (Å²) in [6.45, 7) is 3.71. The normalized spacial score (nSPS) is 12.9. The number of rotatable bonds is 5. The van der Waals surface area contributed by atoms with Gasteiger partial charge in [-0.05, 0) is 30.0 Å². The predicted octanol–water partition coefficient (Wildman–Crippen LogP) is 3.84. The van der Waals surface area contributed by atoms with E-state index in [1.54, 1.807) is 12.1 Å². The highest BCUT2D eigenvalue weighted by atomic mass is 19.3. The fourth-order valence-electron chi connectivity index (χ4n) is 1.29. The van der Waals surface area contributed by atoms with Crippen LogP contribution >= 0.6 is 0 Å². The summed E-state index contributed by atoms with van der Waals surface area (Å²) in [7, 11) is 0. The van der Waals surface area contributed by atoms with Crippen LogP contribution in [0.15, 0.2) is 24.3 Å². The van der Waals surface area contributed by atoms with Gasteiger partial charge in [0.25, 0.3) is 6.43 Å². The van der Waals surface area contributed by atoms with Gasteiger partial charge in [0.1, 0.15) is 12.4 Å². The molecule has 0 fully saturated rings. The summed E-state index contributed by atoms with van der Waals surface area (Å²) in [6, 6.07) is 7.33. The third-order valence-corrected chi connectivity index (χ3v) is 2.44. The Hall–Kier alpha value is -1.12. The zero-order valence-corrected chi connectivity index (χ0v) is 9.04. The smallest absolute Gasteiger partial charge is 0.272 e. The Balaban J connectivity index is 2.56. The number of alkyl halides is 2. The Kier molecular flexibility index (Phi) is 4.53. The molecule has 0 aliphatic rings. The van der Waals surface area contributed by atoms with Crippen molar-refractivity contribution in [3.05, 3.63) is 29.8 Å². The van der Waals surface area contributed by atoms with Gasteiger partial charge in [-0.15, -0.1) is 0 Å². The summed E-state index contributed by atoms with van der Waals surface area (Å²) in [5.41, 5.74) is 1.21. The Morgan fingerprint density at radius 3 is 2.27 bits per heavy atom. The monoisotopic (exact) mass is 214 g/mol. The first-order chi connectivity index (χ1) is 7.13. The molecule has 0 saturated carbocycles. The second-order valence-electron chi connectivity index (χ2n) is 3.58. The lowest BCUT2D eigenvalue weighted by molar-refractivity contribution is 0.0819. The lowest BCUT2D eigenvalue weighted by Gasteiger charge is -2.10. The molecule has 1 aromatic rings. The highest BCUT2D eigenvalue weighted by Gasteiger charge is 2.05. The van der Waals surface area contributed by atoms with Crippen molar-refractivity contribution in [2.45, 2.75) is 32.6 Å². The van der Waals surface area contributed by atoms with Crippen molar-refractivity contribution in [2.75, 3.05) is 6.61 Å². The van der Waals surface area contributed by atoms with Crippen molar-refractivity contribution in [1.82, 2.24) is 0 Å². The van der Waals surface area contributed by atoms with Gasteiger partial charge in [-0.1, -0.05) is 26.0 Å². The van der Waals surface area contributed by atoms with Crippen molar-refractivity contribution >= 4 is 0 Å². The molecule has 0 amide bonds. The Bertz CT molecular complexity index is 282. The van der Waals surface area contributed by atoms with E-state index in [1.807, 2.05) is 12.1 Å². The van der Waals surface area contributed by atoms with Crippen LogP contribution in [0.25, 0.3) is 0 Å². The number of halogens is 2. The molecule has 1 nitrogen and oxygen atoms in total. The van der Waals surface area contributed by atoms with Gasteiger partial charge in [0.15, 0.2) is 0 Å². The van der Waals surface area contributed by atoms with Gasteiger partial charge < -0.3 is 4.74 Å². The van der Waals surface area contributed by atoms with Gasteiger partial charge in [-0.2, -0.15) is 0 Å². The molecule has 0 aliphatic heterocycles. The zero-order valence-electron chi connectivity index (χ0n) is 9.04. The molecule has 0 aliphatic carbocycles. The van der Waals surface area contributed by atoms with E-state index in [9.17, 15) is 8.78 Å². The molecule has 1 unspecified atom stereocenters. The van der Waals surface area contributed by atoms with E-state index in [2.05, 4.69) is 13.8 Å². The van der Waals surface area contributed by atoms with Gasteiger partial charge in [0.05, 0.1) is 0 Å². The molecule has 1 atom stereocenters. The Morgan fingerprint density at radius 2 is 1.80 bits per heavy atom. The molecule has 15 heavy (non-hydrogen) atoms. The van der Waals surface area contributed by atoms with Crippen LogP contribution in [-0.4, -0.2) is 13.0 Å². The SMILES string of the molecule is CCC(C)c1ccc(OCC(F)F)cc1. The number of hydrogen-bond donors (Lipinski definition) is 0. The number of benzene rings is 1.